The second-order valence-electron chi connectivity index (χ2n) is 8.09. The van der Waals surface area contributed by atoms with Crippen LogP contribution in [0.4, 0.5) is 4.39 Å². The van der Waals surface area contributed by atoms with Crippen molar-refractivity contribution in [2.75, 3.05) is 6.54 Å². The Morgan fingerprint density at radius 1 is 1.19 bits per heavy atom. The van der Waals surface area contributed by atoms with Gasteiger partial charge in [0.25, 0.3) is 0 Å². The van der Waals surface area contributed by atoms with Crippen molar-refractivity contribution < 1.29 is 27.4 Å². The van der Waals surface area contributed by atoms with Crippen LogP contribution < -0.4 is 4.74 Å². The monoisotopic (exact) mass is 447 g/mol. The molecule has 0 saturated carbocycles. The third-order valence-electron chi connectivity index (χ3n) is 6.52. The quantitative estimate of drug-likeness (QED) is 0.757. The minimum absolute atomic E-state index is 0.0311. The molecule has 6 nitrogen and oxygen atoms in total. The molecule has 166 valence electrons. The number of rotatable bonds is 5. The molecule has 1 fully saturated rings. The van der Waals surface area contributed by atoms with Crippen molar-refractivity contribution in [3.63, 3.8) is 0 Å². The highest BCUT2D eigenvalue weighted by molar-refractivity contribution is 7.91. The number of amides is 1. The van der Waals surface area contributed by atoms with E-state index in [2.05, 4.69) is 0 Å². The van der Waals surface area contributed by atoms with Gasteiger partial charge in [0.15, 0.2) is 0 Å². The van der Waals surface area contributed by atoms with Gasteiger partial charge in [-0.15, -0.1) is 0 Å². The van der Waals surface area contributed by atoms with Gasteiger partial charge in [0.1, 0.15) is 28.2 Å². The zero-order chi connectivity index (χ0) is 22.4. The van der Waals surface area contributed by atoms with Crippen molar-refractivity contribution in [2.45, 2.75) is 67.1 Å². The molecule has 2 aliphatic rings. The molecule has 0 spiro atoms. The van der Waals surface area contributed by atoms with Gasteiger partial charge >= 0.3 is 0 Å². The second-order valence-corrected chi connectivity index (χ2v) is 10.0. The number of likely N-dealkylation sites (tertiary alicyclic amines) is 1. The molecule has 2 atom stereocenters. The first-order chi connectivity index (χ1) is 14.7. The van der Waals surface area contributed by atoms with Gasteiger partial charge in [-0.3, -0.25) is 4.79 Å². The Hall–Kier alpha value is -2.45. The van der Waals surface area contributed by atoms with E-state index in [-0.39, 0.29) is 16.6 Å². The highest BCUT2D eigenvalue weighted by atomic mass is 32.2. The summed E-state index contributed by atoms with van der Waals surface area (Å²) in [5, 5.41) is 11.3. The molecule has 2 heterocycles. The van der Waals surface area contributed by atoms with Gasteiger partial charge in [0.05, 0.1) is 10.9 Å². The Morgan fingerprint density at radius 3 is 2.45 bits per heavy atom. The van der Waals surface area contributed by atoms with Crippen LogP contribution in [0.25, 0.3) is 0 Å². The highest BCUT2D eigenvalue weighted by Crippen LogP contribution is 2.48. The van der Waals surface area contributed by atoms with Crippen LogP contribution in [0, 0.1) is 5.82 Å². The number of ether oxygens (including phenoxy) is 1. The van der Waals surface area contributed by atoms with Crippen LogP contribution in [0.15, 0.2) is 52.3 Å². The third-order valence-corrected chi connectivity index (χ3v) is 8.30. The summed E-state index contributed by atoms with van der Waals surface area (Å²) in [6.45, 7) is 4.18. The molecular weight excluding hydrogens is 421 g/mol. The number of aliphatic hydroxyl groups excluding tert-OH is 1. The van der Waals surface area contributed by atoms with Crippen LogP contribution in [-0.4, -0.2) is 42.6 Å². The molecule has 8 heteroatoms. The van der Waals surface area contributed by atoms with Crippen molar-refractivity contribution >= 4 is 15.7 Å². The van der Waals surface area contributed by atoms with E-state index in [1.165, 1.54) is 18.2 Å². The van der Waals surface area contributed by atoms with E-state index < -0.39 is 38.3 Å². The van der Waals surface area contributed by atoms with Gasteiger partial charge < -0.3 is 14.7 Å². The largest absolute Gasteiger partial charge is 0.484 e. The van der Waals surface area contributed by atoms with Crippen LogP contribution in [0.3, 0.4) is 0 Å². The van der Waals surface area contributed by atoms with Gasteiger partial charge in [0, 0.05) is 24.6 Å². The first-order valence-electron chi connectivity index (χ1n) is 10.6. The summed E-state index contributed by atoms with van der Waals surface area (Å²) in [7, 11) is -4.14. The van der Waals surface area contributed by atoms with Crippen LogP contribution in [-0.2, 0) is 14.6 Å². The minimum atomic E-state index is -4.14. The normalized spacial score (nSPS) is 22.8. The minimum Gasteiger partial charge on any atom is -0.484 e. The molecule has 0 bridgehead atoms. The lowest BCUT2D eigenvalue weighted by molar-refractivity contribution is -0.144. The SMILES string of the molecule is CCC1(CC)Oc2cc(F)c(S(=O)(=O)c3ccccc3)cc2[C@@H](N2CCCC2=O)[C@@H]1O. The van der Waals surface area contributed by atoms with Crippen molar-refractivity contribution in [2.24, 2.45) is 0 Å². The zero-order valence-corrected chi connectivity index (χ0v) is 18.4. The Balaban J connectivity index is 1.92. The molecule has 0 unspecified atom stereocenters. The maximum absolute atomic E-state index is 15.1. The molecule has 2 aliphatic heterocycles. The van der Waals surface area contributed by atoms with Crippen molar-refractivity contribution in [1.29, 1.82) is 0 Å². The van der Waals surface area contributed by atoms with E-state index in [4.69, 9.17) is 4.74 Å². The molecule has 2 aromatic rings. The van der Waals surface area contributed by atoms with Crippen LogP contribution in [0.1, 0.15) is 51.1 Å². The molecular formula is C23H26FNO5S. The summed E-state index contributed by atoms with van der Waals surface area (Å²) in [5.41, 5.74) is -0.677. The number of hydrogen-bond donors (Lipinski definition) is 1. The maximum Gasteiger partial charge on any atom is 0.223 e. The van der Waals surface area contributed by atoms with Gasteiger partial charge in [-0.25, -0.2) is 12.8 Å². The van der Waals surface area contributed by atoms with Gasteiger partial charge in [-0.1, -0.05) is 32.0 Å². The van der Waals surface area contributed by atoms with Gasteiger partial charge in [0.2, 0.25) is 15.7 Å². The molecule has 4 rings (SSSR count). The number of carbonyl (C=O) groups is 1. The van der Waals surface area contributed by atoms with Crippen molar-refractivity contribution in [3.05, 3.63) is 53.8 Å². The fourth-order valence-corrected chi connectivity index (χ4v) is 6.02. The first-order valence-corrected chi connectivity index (χ1v) is 12.0. The zero-order valence-electron chi connectivity index (χ0n) is 17.5. The molecule has 0 aliphatic carbocycles. The summed E-state index contributed by atoms with van der Waals surface area (Å²) >= 11 is 0. The fourth-order valence-electron chi connectivity index (χ4n) is 4.65. The first kappa shape index (κ1) is 21.8. The van der Waals surface area contributed by atoms with Gasteiger partial charge in [-0.2, -0.15) is 0 Å². The van der Waals surface area contributed by atoms with E-state index in [9.17, 15) is 18.3 Å². The summed E-state index contributed by atoms with van der Waals surface area (Å²) in [6.07, 6.45) is 0.846. The molecule has 2 aromatic carbocycles. The highest BCUT2D eigenvalue weighted by Gasteiger charge is 2.51. The van der Waals surface area contributed by atoms with Crippen LogP contribution in [0.2, 0.25) is 0 Å². The van der Waals surface area contributed by atoms with Crippen molar-refractivity contribution in [3.8, 4) is 5.75 Å². The van der Waals surface area contributed by atoms with Gasteiger partial charge in [-0.05, 0) is 37.5 Å². The summed E-state index contributed by atoms with van der Waals surface area (Å²) in [6, 6.07) is 9.12. The molecule has 1 N–H and O–H groups in total. The predicted octanol–water partition coefficient (Wildman–Crippen LogP) is 3.63. The lowest BCUT2D eigenvalue weighted by atomic mass is 9.80. The standard InChI is InChI=1S/C23H26FNO5S/c1-3-23(4-2)22(27)21(25-12-8-11-20(25)26)16-13-19(17(24)14-18(16)30-23)31(28,29)15-9-6-5-7-10-15/h5-7,9-10,13-14,21-22,27H,3-4,8,11-12H2,1-2H3/t21-,22+/m1/s1. The molecule has 1 saturated heterocycles. The van der Waals surface area contributed by atoms with E-state index >= 15 is 4.39 Å². The van der Waals surface area contributed by atoms with E-state index in [1.807, 2.05) is 13.8 Å². The second kappa shape index (κ2) is 7.91. The topological polar surface area (TPSA) is 83.9 Å². The smallest absolute Gasteiger partial charge is 0.223 e. The number of fused-ring (bicyclic) bond motifs is 1. The Morgan fingerprint density at radius 2 is 1.87 bits per heavy atom. The molecule has 0 aromatic heterocycles. The average molecular weight is 448 g/mol. The molecule has 1 amide bonds. The predicted molar refractivity (Wildman–Crippen MR) is 112 cm³/mol. The summed E-state index contributed by atoms with van der Waals surface area (Å²) < 4.78 is 47.4. The van der Waals surface area contributed by atoms with E-state index in [0.717, 1.165) is 6.07 Å². The molecule has 31 heavy (non-hydrogen) atoms. The third kappa shape index (κ3) is 3.42. The van der Waals surface area contributed by atoms with E-state index in [0.29, 0.717) is 37.8 Å². The molecule has 0 radical (unpaired) electrons. The number of aliphatic hydroxyl groups is 1. The van der Waals surface area contributed by atoms with E-state index in [1.54, 1.807) is 23.1 Å². The number of sulfone groups is 1. The lowest BCUT2D eigenvalue weighted by Gasteiger charge is -2.48. The Bertz CT molecular complexity index is 1100. The maximum atomic E-state index is 15.1. The lowest BCUT2D eigenvalue weighted by Crippen LogP contribution is -2.56. The van der Waals surface area contributed by atoms with Crippen molar-refractivity contribution in [1.82, 2.24) is 4.90 Å². The fraction of sp³-hybridized carbons (Fsp3) is 0.435. The van der Waals surface area contributed by atoms with Crippen LogP contribution in [0.5, 0.6) is 5.75 Å². The average Bonchev–Trinajstić information content (AvgIpc) is 3.19. The number of benzene rings is 2. The summed E-state index contributed by atoms with van der Waals surface area (Å²) in [5.74, 6) is -0.871. The number of hydrogen-bond acceptors (Lipinski definition) is 5. The Kier molecular flexibility index (Phi) is 5.55. The number of carbonyl (C=O) groups excluding carboxylic acids is 1. The number of halogens is 1. The number of nitrogens with zero attached hydrogens (tertiary/aromatic N) is 1. The van der Waals surface area contributed by atoms with Crippen LogP contribution >= 0.6 is 0 Å². The Labute approximate surface area is 181 Å². The summed E-state index contributed by atoms with van der Waals surface area (Å²) in [4.78, 5) is 13.6.